The molecule has 3 N–H and O–H groups in total. The number of nitrogens with two attached hydrogens (primary N) is 1. The number of hydrogen-bond donors (Lipinski definition) is 2. The molecule has 0 radical (unpaired) electrons. The lowest BCUT2D eigenvalue weighted by atomic mass is 10.2. The second-order valence-corrected chi connectivity index (χ2v) is 4.76. The molecule has 0 amide bonds. The van der Waals surface area contributed by atoms with Crippen molar-refractivity contribution in [3.05, 3.63) is 42.1 Å². The molecule has 0 saturated heterocycles. The number of benzene rings is 1. The minimum Gasteiger partial charge on any atom is -0.368 e. The standard InChI is InChI=1S/C12H11N5S/c13-12-15-10-9(6-14-17-10)11(16-12)18-7-8-4-2-1-3-5-8/h1-6H,7H2,(H3,13,14,15,16,17). The number of aromatic amines is 1. The van der Waals surface area contributed by atoms with Crippen molar-refractivity contribution in [1.29, 1.82) is 0 Å². The summed E-state index contributed by atoms with van der Waals surface area (Å²) in [6.07, 6.45) is 1.72. The molecule has 5 nitrogen and oxygen atoms in total. The number of hydrogen-bond acceptors (Lipinski definition) is 5. The molecule has 0 aliphatic carbocycles. The maximum atomic E-state index is 5.67. The first-order valence-corrected chi connectivity index (χ1v) is 6.45. The van der Waals surface area contributed by atoms with Crippen LogP contribution in [0.25, 0.3) is 11.0 Å². The fourth-order valence-corrected chi connectivity index (χ4v) is 2.62. The predicted octanol–water partition coefficient (Wildman–Crippen LogP) is 2.23. The lowest BCUT2D eigenvalue weighted by Gasteiger charge is -2.03. The van der Waals surface area contributed by atoms with Crippen molar-refractivity contribution in [1.82, 2.24) is 20.2 Å². The van der Waals surface area contributed by atoms with Crippen LogP contribution in [-0.4, -0.2) is 20.2 Å². The Morgan fingerprint density at radius 1 is 1.17 bits per heavy atom. The average molecular weight is 257 g/mol. The van der Waals surface area contributed by atoms with Crippen LogP contribution >= 0.6 is 11.8 Å². The molecule has 90 valence electrons. The molecule has 3 rings (SSSR count). The first kappa shape index (κ1) is 11.0. The number of H-pyrrole nitrogens is 1. The van der Waals surface area contributed by atoms with Gasteiger partial charge in [0.05, 0.1) is 11.6 Å². The van der Waals surface area contributed by atoms with E-state index in [9.17, 15) is 0 Å². The second-order valence-electron chi connectivity index (χ2n) is 3.79. The highest BCUT2D eigenvalue weighted by molar-refractivity contribution is 7.98. The molecule has 0 fully saturated rings. The van der Waals surface area contributed by atoms with E-state index in [0.29, 0.717) is 5.65 Å². The molecule has 0 unspecified atom stereocenters. The molecule has 18 heavy (non-hydrogen) atoms. The van der Waals surface area contributed by atoms with Crippen LogP contribution in [0.5, 0.6) is 0 Å². The first-order chi connectivity index (χ1) is 8.83. The molecule has 2 heterocycles. The summed E-state index contributed by atoms with van der Waals surface area (Å²) in [5.41, 5.74) is 7.59. The smallest absolute Gasteiger partial charge is 0.223 e. The van der Waals surface area contributed by atoms with Gasteiger partial charge < -0.3 is 5.73 Å². The summed E-state index contributed by atoms with van der Waals surface area (Å²) in [5, 5.41) is 8.53. The van der Waals surface area contributed by atoms with E-state index in [1.165, 1.54) is 5.56 Å². The fraction of sp³-hybridized carbons (Fsp3) is 0.0833. The number of fused-ring (bicyclic) bond motifs is 1. The van der Waals surface area contributed by atoms with E-state index in [-0.39, 0.29) is 5.95 Å². The molecule has 3 aromatic rings. The molecule has 0 atom stereocenters. The summed E-state index contributed by atoms with van der Waals surface area (Å²) in [4.78, 5) is 8.34. The summed E-state index contributed by atoms with van der Waals surface area (Å²) in [6, 6.07) is 10.2. The van der Waals surface area contributed by atoms with Crippen molar-refractivity contribution in [2.75, 3.05) is 5.73 Å². The molecule has 0 bridgehead atoms. The molecule has 0 aliphatic rings. The number of rotatable bonds is 3. The van der Waals surface area contributed by atoms with Crippen LogP contribution in [0.4, 0.5) is 5.95 Å². The Morgan fingerprint density at radius 3 is 2.83 bits per heavy atom. The third-order valence-electron chi connectivity index (χ3n) is 2.51. The Morgan fingerprint density at radius 2 is 2.00 bits per heavy atom. The van der Waals surface area contributed by atoms with Gasteiger partial charge in [-0.05, 0) is 5.56 Å². The summed E-state index contributed by atoms with van der Waals surface area (Å²) >= 11 is 1.63. The molecule has 2 aromatic heterocycles. The van der Waals surface area contributed by atoms with Crippen LogP contribution in [0.15, 0.2) is 41.6 Å². The van der Waals surface area contributed by atoms with E-state index >= 15 is 0 Å². The second kappa shape index (κ2) is 4.66. The average Bonchev–Trinajstić information content (AvgIpc) is 2.85. The van der Waals surface area contributed by atoms with E-state index in [2.05, 4.69) is 32.3 Å². The zero-order chi connectivity index (χ0) is 12.4. The van der Waals surface area contributed by atoms with Gasteiger partial charge in [-0.15, -0.1) is 11.8 Å². The molecule has 0 spiro atoms. The SMILES string of the molecule is Nc1nc(SCc2ccccc2)c2cn[nH]c2n1. The number of aromatic nitrogens is 4. The Balaban J connectivity index is 1.88. The lowest BCUT2D eigenvalue weighted by molar-refractivity contribution is 1.08. The van der Waals surface area contributed by atoms with Crippen molar-refractivity contribution in [3.8, 4) is 0 Å². The van der Waals surface area contributed by atoms with Gasteiger partial charge in [-0.3, -0.25) is 5.10 Å². The van der Waals surface area contributed by atoms with Crippen LogP contribution in [0, 0.1) is 0 Å². The van der Waals surface area contributed by atoms with Crippen molar-refractivity contribution < 1.29 is 0 Å². The summed E-state index contributed by atoms with van der Waals surface area (Å²) in [5.74, 6) is 1.11. The van der Waals surface area contributed by atoms with Crippen LogP contribution < -0.4 is 5.73 Å². The highest BCUT2D eigenvalue weighted by Gasteiger charge is 2.08. The Kier molecular flexibility index (Phi) is 2.85. The lowest BCUT2D eigenvalue weighted by Crippen LogP contribution is -1.96. The van der Waals surface area contributed by atoms with Gasteiger partial charge in [-0.1, -0.05) is 30.3 Å². The number of nitrogens with zero attached hydrogens (tertiary/aromatic N) is 3. The van der Waals surface area contributed by atoms with Gasteiger partial charge in [-0.25, -0.2) is 4.98 Å². The maximum absolute atomic E-state index is 5.67. The zero-order valence-electron chi connectivity index (χ0n) is 9.50. The summed E-state index contributed by atoms with van der Waals surface area (Å²) in [7, 11) is 0. The van der Waals surface area contributed by atoms with Gasteiger partial charge in [-0.2, -0.15) is 10.1 Å². The molecule has 1 aromatic carbocycles. The number of nitrogen functional groups attached to an aromatic ring is 1. The van der Waals surface area contributed by atoms with Gasteiger partial charge >= 0.3 is 0 Å². The quantitative estimate of drug-likeness (QED) is 0.555. The number of nitrogens with one attached hydrogen (secondary N) is 1. The van der Waals surface area contributed by atoms with Crippen LogP contribution in [0.1, 0.15) is 5.56 Å². The normalized spacial score (nSPS) is 10.9. The molecule has 6 heteroatoms. The van der Waals surface area contributed by atoms with E-state index in [0.717, 1.165) is 16.2 Å². The first-order valence-electron chi connectivity index (χ1n) is 5.46. The molecule has 0 aliphatic heterocycles. The highest BCUT2D eigenvalue weighted by atomic mass is 32.2. The van der Waals surface area contributed by atoms with Crippen LogP contribution in [0.2, 0.25) is 0 Å². The minimum absolute atomic E-state index is 0.266. The largest absolute Gasteiger partial charge is 0.368 e. The van der Waals surface area contributed by atoms with Crippen LogP contribution in [-0.2, 0) is 5.75 Å². The van der Waals surface area contributed by atoms with Gasteiger partial charge in [0.15, 0.2) is 5.65 Å². The van der Waals surface area contributed by atoms with Crippen LogP contribution in [0.3, 0.4) is 0 Å². The Hall–Kier alpha value is -2.08. The van der Waals surface area contributed by atoms with E-state index in [1.807, 2.05) is 18.2 Å². The third kappa shape index (κ3) is 2.14. The van der Waals surface area contributed by atoms with Gasteiger partial charge in [0.1, 0.15) is 5.03 Å². The van der Waals surface area contributed by atoms with Crippen molar-refractivity contribution in [2.45, 2.75) is 10.8 Å². The fourth-order valence-electron chi connectivity index (χ4n) is 1.66. The molecule has 0 saturated carbocycles. The van der Waals surface area contributed by atoms with E-state index < -0.39 is 0 Å². The van der Waals surface area contributed by atoms with Crippen molar-refractivity contribution in [2.24, 2.45) is 0 Å². The van der Waals surface area contributed by atoms with E-state index in [4.69, 9.17) is 5.73 Å². The Bertz CT molecular complexity index is 665. The van der Waals surface area contributed by atoms with Gasteiger partial charge in [0.25, 0.3) is 0 Å². The third-order valence-corrected chi connectivity index (χ3v) is 3.57. The van der Waals surface area contributed by atoms with E-state index in [1.54, 1.807) is 18.0 Å². The van der Waals surface area contributed by atoms with Crippen molar-refractivity contribution in [3.63, 3.8) is 0 Å². The molecular formula is C12H11N5S. The summed E-state index contributed by atoms with van der Waals surface area (Å²) < 4.78 is 0. The van der Waals surface area contributed by atoms with Gasteiger partial charge in [0, 0.05) is 5.75 Å². The summed E-state index contributed by atoms with van der Waals surface area (Å²) in [6.45, 7) is 0. The maximum Gasteiger partial charge on any atom is 0.223 e. The number of anilines is 1. The van der Waals surface area contributed by atoms with Gasteiger partial charge in [0.2, 0.25) is 5.95 Å². The Labute approximate surface area is 108 Å². The predicted molar refractivity (Wildman–Crippen MR) is 72.1 cm³/mol. The van der Waals surface area contributed by atoms with Crippen molar-refractivity contribution >= 4 is 28.7 Å². The zero-order valence-corrected chi connectivity index (χ0v) is 10.3. The molecular weight excluding hydrogens is 246 g/mol. The highest BCUT2D eigenvalue weighted by Crippen LogP contribution is 2.27. The number of thioether (sulfide) groups is 1. The monoisotopic (exact) mass is 257 g/mol. The minimum atomic E-state index is 0.266. The topological polar surface area (TPSA) is 80.5 Å².